The summed E-state index contributed by atoms with van der Waals surface area (Å²) < 4.78 is 5.16. The number of benzene rings is 1. The molecule has 0 aliphatic heterocycles. The van der Waals surface area contributed by atoms with Gasteiger partial charge in [-0.05, 0) is 31.0 Å². The van der Waals surface area contributed by atoms with Crippen molar-refractivity contribution in [3.63, 3.8) is 0 Å². The number of methoxy groups -OCH3 is 1. The van der Waals surface area contributed by atoms with Gasteiger partial charge in [-0.2, -0.15) is 0 Å². The summed E-state index contributed by atoms with van der Waals surface area (Å²) in [6.45, 7) is 1.37. The Hall–Kier alpha value is -2.83. The summed E-state index contributed by atoms with van der Waals surface area (Å²) in [5, 5.41) is 14.6. The minimum Gasteiger partial charge on any atom is -0.495 e. The molecule has 0 radical (unpaired) electrons. The smallest absolute Gasteiger partial charge is 0.307 e. The van der Waals surface area contributed by atoms with Crippen molar-refractivity contribution in [3.05, 3.63) is 30.4 Å². The molecule has 1 aromatic rings. The third-order valence-electron chi connectivity index (χ3n) is 3.86. The van der Waals surface area contributed by atoms with E-state index in [0.29, 0.717) is 30.0 Å². The lowest BCUT2D eigenvalue weighted by Gasteiger charge is -2.24. The maximum Gasteiger partial charge on any atom is 0.307 e. The third kappa shape index (κ3) is 4.13. The third-order valence-corrected chi connectivity index (χ3v) is 3.86. The average Bonchev–Trinajstić information content (AvgIpc) is 2.54. The largest absolute Gasteiger partial charge is 0.495 e. The van der Waals surface area contributed by atoms with Gasteiger partial charge in [0.05, 0.1) is 24.6 Å². The first-order valence-corrected chi connectivity index (χ1v) is 7.56. The molecule has 2 amide bonds. The summed E-state index contributed by atoms with van der Waals surface area (Å²) in [5.74, 6) is -2.49. The molecule has 0 fully saturated rings. The molecule has 0 saturated heterocycles. The zero-order valence-corrected chi connectivity index (χ0v) is 13.5. The maximum atomic E-state index is 12.4. The number of nitrogens with one attached hydrogen (secondary N) is 2. The fourth-order valence-corrected chi connectivity index (χ4v) is 2.68. The quantitative estimate of drug-likeness (QED) is 0.717. The van der Waals surface area contributed by atoms with Gasteiger partial charge in [0, 0.05) is 12.6 Å². The van der Waals surface area contributed by atoms with Crippen molar-refractivity contribution >= 4 is 29.2 Å². The summed E-state index contributed by atoms with van der Waals surface area (Å²) >= 11 is 0. The van der Waals surface area contributed by atoms with Gasteiger partial charge in [-0.25, -0.2) is 0 Å². The van der Waals surface area contributed by atoms with Gasteiger partial charge in [0.1, 0.15) is 5.75 Å². The van der Waals surface area contributed by atoms with Crippen molar-refractivity contribution in [2.24, 2.45) is 11.8 Å². The Balaban J connectivity index is 2.17. The van der Waals surface area contributed by atoms with Crippen molar-refractivity contribution in [2.45, 2.75) is 19.8 Å². The summed E-state index contributed by atoms with van der Waals surface area (Å²) in [5.41, 5.74) is 0.893. The van der Waals surface area contributed by atoms with Crippen LogP contribution in [0.3, 0.4) is 0 Å². The van der Waals surface area contributed by atoms with Crippen molar-refractivity contribution < 1.29 is 24.2 Å². The van der Waals surface area contributed by atoms with Gasteiger partial charge in [0.2, 0.25) is 11.8 Å². The molecular formula is C17H20N2O5. The number of amides is 2. The molecule has 7 nitrogen and oxygen atoms in total. The number of allylic oxidation sites excluding steroid dienone is 2. The zero-order chi connectivity index (χ0) is 17.7. The van der Waals surface area contributed by atoms with Crippen LogP contribution in [0.5, 0.6) is 5.75 Å². The number of aliphatic carboxylic acids is 1. The number of hydrogen-bond acceptors (Lipinski definition) is 4. The molecule has 0 saturated carbocycles. The molecule has 2 rings (SSSR count). The minimum atomic E-state index is -0.979. The van der Waals surface area contributed by atoms with E-state index in [4.69, 9.17) is 4.74 Å². The Morgan fingerprint density at radius 1 is 1.12 bits per heavy atom. The molecule has 1 aromatic carbocycles. The predicted molar refractivity (Wildman–Crippen MR) is 88.9 cm³/mol. The molecule has 0 unspecified atom stereocenters. The molecule has 7 heteroatoms. The molecule has 0 heterocycles. The first kappa shape index (κ1) is 17.5. The number of carboxylic acids is 1. The van der Waals surface area contributed by atoms with Gasteiger partial charge >= 0.3 is 5.97 Å². The lowest BCUT2D eigenvalue weighted by atomic mass is 9.82. The number of ether oxygens (including phenoxy) is 1. The first-order chi connectivity index (χ1) is 11.4. The molecule has 2 atom stereocenters. The minimum absolute atomic E-state index is 0.264. The Bertz CT molecular complexity index is 684. The highest BCUT2D eigenvalue weighted by Crippen LogP contribution is 2.30. The van der Waals surface area contributed by atoms with Crippen LogP contribution >= 0.6 is 0 Å². The van der Waals surface area contributed by atoms with E-state index < -0.39 is 17.8 Å². The fourth-order valence-electron chi connectivity index (χ4n) is 2.68. The van der Waals surface area contributed by atoms with Crippen LogP contribution in [-0.4, -0.2) is 30.0 Å². The van der Waals surface area contributed by atoms with Crippen LogP contribution in [0.15, 0.2) is 30.4 Å². The van der Waals surface area contributed by atoms with Gasteiger partial charge in [0.25, 0.3) is 0 Å². The lowest BCUT2D eigenvalue weighted by molar-refractivity contribution is -0.146. The first-order valence-electron chi connectivity index (χ1n) is 7.56. The number of carbonyl (C=O) groups is 3. The zero-order valence-electron chi connectivity index (χ0n) is 13.5. The molecule has 1 aliphatic rings. The van der Waals surface area contributed by atoms with Crippen molar-refractivity contribution in [2.75, 3.05) is 17.7 Å². The summed E-state index contributed by atoms with van der Waals surface area (Å²) in [6, 6.07) is 4.83. The van der Waals surface area contributed by atoms with Gasteiger partial charge in [-0.1, -0.05) is 12.2 Å². The van der Waals surface area contributed by atoms with Gasteiger partial charge in [0.15, 0.2) is 0 Å². The van der Waals surface area contributed by atoms with Crippen LogP contribution in [0.1, 0.15) is 19.8 Å². The van der Waals surface area contributed by atoms with E-state index in [1.807, 2.05) is 6.08 Å². The number of hydrogen-bond donors (Lipinski definition) is 3. The van der Waals surface area contributed by atoms with Crippen molar-refractivity contribution in [1.82, 2.24) is 0 Å². The normalized spacial score (nSPS) is 19.4. The van der Waals surface area contributed by atoms with Gasteiger partial charge in [-0.3, -0.25) is 14.4 Å². The molecule has 0 aromatic heterocycles. The molecule has 24 heavy (non-hydrogen) atoms. The standard InChI is InChI=1S/C17H20N2O5/c1-10(20)18-14-9-11(7-8-15(14)24-2)19-16(21)12-5-3-4-6-13(12)17(22)23/h3-4,7-9,12-13H,5-6H2,1-2H3,(H,18,20)(H,19,21)(H,22,23)/t12-,13-/m0/s1. The highest BCUT2D eigenvalue weighted by Gasteiger charge is 2.34. The van der Waals surface area contributed by atoms with Crippen molar-refractivity contribution in [3.8, 4) is 5.75 Å². The second kappa shape index (κ2) is 7.63. The van der Waals surface area contributed by atoms with E-state index in [-0.39, 0.29) is 11.8 Å². The molecule has 1 aliphatic carbocycles. The van der Waals surface area contributed by atoms with Crippen LogP contribution in [0, 0.1) is 11.8 Å². The summed E-state index contributed by atoms with van der Waals surface area (Å²) in [6.07, 6.45) is 4.33. The van der Waals surface area contributed by atoms with Crippen LogP contribution < -0.4 is 15.4 Å². The predicted octanol–water partition coefficient (Wildman–Crippen LogP) is 2.26. The Kier molecular flexibility index (Phi) is 5.57. The van der Waals surface area contributed by atoms with Crippen LogP contribution in [-0.2, 0) is 14.4 Å². The van der Waals surface area contributed by atoms with Crippen LogP contribution in [0.4, 0.5) is 11.4 Å². The van der Waals surface area contributed by atoms with Crippen LogP contribution in [0.2, 0.25) is 0 Å². The van der Waals surface area contributed by atoms with E-state index in [1.165, 1.54) is 14.0 Å². The molecule has 0 bridgehead atoms. The van der Waals surface area contributed by atoms with E-state index in [2.05, 4.69) is 10.6 Å². The van der Waals surface area contributed by atoms with E-state index in [0.717, 1.165) is 0 Å². The van der Waals surface area contributed by atoms with E-state index in [1.54, 1.807) is 24.3 Å². The highest BCUT2D eigenvalue weighted by molar-refractivity contribution is 5.97. The number of rotatable bonds is 5. The number of carboxylic acid groups (broad SMARTS) is 1. The lowest BCUT2D eigenvalue weighted by Crippen LogP contribution is -2.34. The van der Waals surface area contributed by atoms with Gasteiger partial charge < -0.3 is 20.5 Å². The number of anilines is 2. The average molecular weight is 332 g/mol. The number of carbonyl (C=O) groups excluding carboxylic acids is 2. The molecule has 3 N–H and O–H groups in total. The molecule has 128 valence electrons. The monoisotopic (exact) mass is 332 g/mol. The molecule has 0 spiro atoms. The Labute approximate surface area is 139 Å². The summed E-state index contributed by atoms with van der Waals surface area (Å²) in [4.78, 5) is 35.0. The van der Waals surface area contributed by atoms with Gasteiger partial charge in [-0.15, -0.1) is 0 Å². The SMILES string of the molecule is COc1ccc(NC(=O)[C@H]2CC=CC[C@@H]2C(=O)O)cc1NC(C)=O. The van der Waals surface area contributed by atoms with E-state index >= 15 is 0 Å². The van der Waals surface area contributed by atoms with Crippen LogP contribution in [0.25, 0.3) is 0 Å². The summed E-state index contributed by atoms with van der Waals surface area (Å²) in [7, 11) is 1.48. The Morgan fingerprint density at radius 3 is 2.38 bits per heavy atom. The highest BCUT2D eigenvalue weighted by atomic mass is 16.5. The fraction of sp³-hybridized carbons (Fsp3) is 0.353. The molecular weight excluding hydrogens is 312 g/mol. The maximum absolute atomic E-state index is 12.4. The van der Waals surface area contributed by atoms with E-state index in [9.17, 15) is 19.5 Å². The van der Waals surface area contributed by atoms with Crippen molar-refractivity contribution in [1.29, 1.82) is 0 Å². The Morgan fingerprint density at radius 2 is 1.79 bits per heavy atom. The second-order valence-corrected chi connectivity index (χ2v) is 5.58. The topological polar surface area (TPSA) is 105 Å². The second-order valence-electron chi connectivity index (χ2n) is 5.58.